The Morgan fingerprint density at radius 2 is 1.86 bits per heavy atom. The minimum atomic E-state index is 0.157. The van der Waals surface area contributed by atoms with Crippen molar-refractivity contribution in [2.24, 2.45) is 15.9 Å². The lowest BCUT2D eigenvalue weighted by atomic mass is 9.86. The lowest BCUT2D eigenvalue weighted by Gasteiger charge is -2.22. The van der Waals surface area contributed by atoms with Gasteiger partial charge in [0.05, 0.1) is 5.71 Å². The maximum absolute atomic E-state index is 5.89. The quantitative estimate of drug-likeness (QED) is 0.881. The van der Waals surface area contributed by atoms with Crippen molar-refractivity contribution in [2.75, 3.05) is 0 Å². The number of nitrogens with zero attached hydrogens (tertiary/aromatic N) is 2. The van der Waals surface area contributed by atoms with E-state index in [-0.39, 0.29) is 5.92 Å². The van der Waals surface area contributed by atoms with Gasteiger partial charge in [0.1, 0.15) is 5.84 Å². The van der Waals surface area contributed by atoms with Crippen LogP contribution in [0.5, 0.6) is 0 Å². The van der Waals surface area contributed by atoms with Crippen LogP contribution in [0.15, 0.2) is 63.2 Å². The molecule has 2 aromatic rings. The molecule has 21 heavy (non-hydrogen) atoms. The monoisotopic (exact) mass is 341 g/mol. The molecule has 0 spiro atoms. The van der Waals surface area contributed by atoms with Gasteiger partial charge in [0, 0.05) is 16.8 Å². The van der Waals surface area contributed by atoms with Gasteiger partial charge in [0.2, 0.25) is 0 Å². The summed E-state index contributed by atoms with van der Waals surface area (Å²) in [6, 6.07) is 16.6. The summed E-state index contributed by atoms with van der Waals surface area (Å²) in [6.45, 7) is 2.08. The molecule has 1 aliphatic heterocycles. The van der Waals surface area contributed by atoms with Gasteiger partial charge in [0.15, 0.2) is 0 Å². The van der Waals surface area contributed by atoms with E-state index in [2.05, 4.69) is 63.4 Å². The molecule has 1 aliphatic rings. The number of hydrogen-bond acceptors (Lipinski definition) is 3. The fourth-order valence-electron chi connectivity index (χ4n) is 2.56. The molecule has 106 valence electrons. The van der Waals surface area contributed by atoms with Gasteiger partial charge in [-0.05, 0) is 35.7 Å². The first-order valence-electron chi connectivity index (χ1n) is 6.86. The number of aryl methyl sites for hydroxylation is 1. The lowest BCUT2D eigenvalue weighted by Crippen LogP contribution is -2.25. The molecule has 0 fully saturated rings. The summed E-state index contributed by atoms with van der Waals surface area (Å²) in [4.78, 5) is 0. The van der Waals surface area contributed by atoms with Crippen molar-refractivity contribution in [1.82, 2.24) is 0 Å². The third-order valence-corrected chi connectivity index (χ3v) is 4.57. The fraction of sp³-hybridized carbons (Fsp3) is 0.176. The van der Waals surface area contributed by atoms with Crippen molar-refractivity contribution < 1.29 is 0 Å². The molecular weight excluding hydrogens is 326 g/mol. The minimum absolute atomic E-state index is 0.157. The van der Waals surface area contributed by atoms with Crippen molar-refractivity contribution in [1.29, 1.82) is 0 Å². The predicted octanol–water partition coefficient (Wildman–Crippen LogP) is 4.01. The molecule has 0 saturated carbocycles. The molecule has 0 radical (unpaired) electrons. The van der Waals surface area contributed by atoms with Gasteiger partial charge in [-0.15, -0.1) is 5.10 Å². The number of nitrogens with two attached hydrogens (primary N) is 1. The summed E-state index contributed by atoms with van der Waals surface area (Å²) in [5.41, 5.74) is 10.4. The van der Waals surface area contributed by atoms with Gasteiger partial charge in [0.25, 0.3) is 0 Å². The smallest absolute Gasteiger partial charge is 0.123 e. The highest BCUT2D eigenvalue weighted by Crippen LogP contribution is 2.29. The molecule has 3 rings (SSSR count). The Morgan fingerprint density at radius 1 is 1.10 bits per heavy atom. The van der Waals surface area contributed by atoms with Gasteiger partial charge >= 0.3 is 0 Å². The molecule has 3 nitrogen and oxygen atoms in total. The second-order valence-electron chi connectivity index (χ2n) is 5.21. The number of hydrogen-bond donors (Lipinski definition) is 1. The van der Waals surface area contributed by atoms with E-state index in [1.807, 2.05) is 18.2 Å². The highest BCUT2D eigenvalue weighted by atomic mass is 79.9. The fourth-order valence-corrected chi connectivity index (χ4v) is 2.81. The van der Waals surface area contributed by atoms with Crippen LogP contribution in [-0.4, -0.2) is 11.5 Å². The topological polar surface area (TPSA) is 50.7 Å². The van der Waals surface area contributed by atoms with E-state index in [1.165, 1.54) is 11.1 Å². The van der Waals surface area contributed by atoms with Crippen LogP contribution in [0.25, 0.3) is 0 Å². The predicted molar refractivity (Wildman–Crippen MR) is 90.8 cm³/mol. The first-order valence-corrected chi connectivity index (χ1v) is 7.66. The van der Waals surface area contributed by atoms with E-state index in [9.17, 15) is 0 Å². The van der Waals surface area contributed by atoms with Crippen LogP contribution >= 0.6 is 15.9 Å². The average molecular weight is 342 g/mol. The number of halogens is 1. The van der Waals surface area contributed by atoms with Crippen LogP contribution < -0.4 is 5.73 Å². The molecular formula is C17H16BrN3. The minimum Gasteiger partial charge on any atom is -0.386 e. The Kier molecular flexibility index (Phi) is 3.88. The van der Waals surface area contributed by atoms with Gasteiger partial charge in [-0.3, -0.25) is 0 Å². The van der Waals surface area contributed by atoms with Crippen LogP contribution in [-0.2, 0) is 0 Å². The van der Waals surface area contributed by atoms with Gasteiger partial charge in [-0.2, -0.15) is 5.10 Å². The molecule has 1 heterocycles. The molecule has 0 saturated heterocycles. The largest absolute Gasteiger partial charge is 0.386 e. The number of amidine groups is 1. The van der Waals surface area contributed by atoms with Gasteiger partial charge in [-0.1, -0.05) is 52.3 Å². The van der Waals surface area contributed by atoms with Crippen molar-refractivity contribution in [2.45, 2.75) is 19.3 Å². The highest BCUT2D eigenvalue weighted by Gasteiger charge is 2.24. The summed E-state index contributed by atoms with van der Waals surface area (Å²) in [6.07, 6.45) is 0.706. The van der Waals surface area contributed by atoms with Gasteiger partial charge < -0.3 is 5.73 Å². The molecule has 0 aliphatic carbocycles. The molecule has 0 bridgehead atoms. The van der Waals surface area contributed by atoms with Crippen LogP contribution in [0, 0.1) is 6.92 Å². The van der Waals surface area contributed by atoms with Gasteiger partial charge in [-0.25, -0.2) is 0 Å². The molecule has 4 heteroatoms. The average Bonchev–Trinajstić information content (AvgIpc) is 2.51. The van der Waals surface area contributed by atoms with Crippen molar-refractivity contribution in [3.63, 3.8) is 0 Å². The molecule has 1 atom stereocenters. The van der Waals surface area contributed by atoms with Crippen LogP contribution in [0.4, 0.5) is 0 Å². The van der Waals surface area contributed by atoms with Crippen molar-refractivity contribution in [3.05, 3.63) is 69.7 Å². The SMILES string of the molecule is Cc1cc(C2=NN=C(N)CC2c2ccccc2)ccc1Br. The zero-order chi connectivity index (χ0) is 14.8. The second kappa shape index (κ2) is 5.82. The molecule has 0 aromatic heterocycles. The Balaban J connectivity index is 2.06. The van der Waals surface area contributed by atoms with E-state index < -0.39 is 0 Å². The maximum atomic E-state index is 5.89. The Hall–Kier alpha value is -1.94. The summed E-state index contributed by atoms with van der Waals surface area (Å²) < 4.78 is 1.10. The third-order valence-electron chi connectivity index (χ3n) is 3.69. The Labute approximate surface area is 132 Å². The van der Waals surface area contributed by atoms with Crippen LogP contribution in [0.3, 0.4) is 0 Å². The Bertz CT molecular complexity index is 720. The maximum Gasteiger partial charge on any atom is 0.123 e. The molecule has 2 N–H and O–H groups in total. The van der Waals surface area contributed by atoms with Crippen LogP contribution in [0.2, 0.25) is 0 Å². The molecule has 2 aromatic carbocycles. The Morgan fingerprint density at radius 3 is 2.57 bits per heavy atom. The lowest BCUT2D eigenvalue weighted by molar-refractivity contribution is 0.887. The molecule has 1 unspecified atom stereocenters. The van der Waals surface area contributed by atoms with Crippen molar-refractivity contribution >= 4 is 27.5 Å². The van der Waals surface area contributed by atoms with E-state index >= 15 is 0 Å². The van der Waals surface area contributed by atoms with Crippen LogP contribution in [0.1, 0.15) is 29.0 Å². The number of rotatable bonds is 2. The summed E-state index contributed by atoms with van der Waals surface area (Å²) in [5.74, 6) is 0.741. The first kappa shape index (κ1) is 14.0. The zero-order valence-corrected chi connectivity index (χ0v) is 13.3. The summed E-state index contributed by atoms with van der Waals surface area (Å²) in [7, 11) is 0. The van der Waals surface area contributed by atoms with E-state index in [1.54, 1.807) is 0 Å². The van der Waals surface area contributed by atoms with E-state index in [0.29, 0.717) is 12.3 Å². The van der Waals surface area contributed by atoms with E-state index in [0.717, 1.165) is 15.7 Å². The highest BCUT2D eigenvalue weighted by molar-refractivity contribution is 9.10. The number of benzene rings is 2. The van der Waals surface area contributed by atoms with Crippen molar-refractivity contribution in [3.8, 4) is 0 Å². The standard InChI is InChI=1S/C17H16BrN3/c1-11-9-13(7-8-15(11)18)17-14(10-16(19)20-21-17)12-5-3-2-4-6-12/h2-9,14H,10H2,1H3,(H2,19,20). The normalized spacial score (nSPS) is 18.1. The molecule has 0 amide bonds. The third kappa shape index (κ3) is 2.90. The second-order valence-corrected chi connectivity index (χ2v) is 6.06. The zero-order valence-electron chi connectivity index (χ0n) is 11.8. The first-order chi connectivity index (χ1) is 10.1. The summed E-state index contributed by atoms with van der Waals surface area (Å²) >= 11 is 3.54. The summed E-state index contributed by atoms with van der Waals surface area (Å²) in [5, 5.41) is 8.46. The van der Waals surface area contributed by atoms with E-state index in [4.69, 9.17) is 5.73 Å².